The second-order valence-electron chi connectivity index (χ2n) is 4.37. The van der Waals surface area contributed by atoms with E-state index in [9.17, 15) is 8.42 Å². The van der Waals surface area contributed by atoms with Gasteiger partial charge in [0.1, 0.15) is 6.61 Å². The van der Waals surface area contributed by atoms with Gasteiger partial charge in [-0.15, -0.1) is 0 Å². The fourth-order valence-corrected chi connectivity index (χ4v) is 2.66. The van der Waals surface area contributed by atoms with Crippen LogP contribution in [0.4, 0.5) is 5.69 Å². The summed E-state index contributed by atoms with van der Waals surface area (Å²) in [7, 11) is -2.17. The van der Waals surface area contributed by atoms with Gasteiger partial charge in [-0.25, -0.2) is 0 Å². The molecule has 1 rings (SSSR count). The molecule has 110 valence electrons. The molecule has 0 radical (unpaired) electrons. The molecule has 0 aliphatic rings. The molecular formula is C13H17ClN2O3S. The predicted molar refractivity (Wildman–Crippen MR) is 80.9 cm³/mol. The molecule has 0 aromatic heterocycles. The van der Waals surface area contributed by atoms with Crippen molar-refractivity contribution in [3.05, 3.63) is 28.8 Å². The summed E-state index contributed by atoms with van der Waals surface area (Å²) in [5.41, 5.74) is 0.732. The highest BCUT2D eigenvalue weighted by Gasteiger charge is 2.21. The Hall–Kier alpha value is -1.26. The lowest BCUT2D eigenvalue weighted by Crippen LogP contribution is -2.37. The van der Waals surface area contributed by atoms with E-state index in [1.807, 2.05) is 0 Å². The number of halogens is 1. The van der Waals surface area contributed by atoms with Crippen LogP contribution in [0.1, 0.15) is 19.4 Å². The molecule has 0 heterocycles. The van der Waals surface area contributed by atoms with Gasteiger partial charge in [0.15, 0.2) is 0 Å². The minimum Gasteiger partial charge on any atom is -0.384 e. The number of benzene rings is 1. The van der Waals surface area contributed by atoms with Crippen molar-refractivity contribution in [2.75, 3.05) is 18.4 Å². The zero-order valence-corrected chi connectivity index (χ0v) is 13.1. The molecule has 0 bridgehead atoms. The maximum absolute atomic E-state index is 12.1. The average molecular weight is 317 g/mol. The zero-order chi connectivity index (χ0) is 15.3. The van der Waals surface area contributed by atoms with Gasteiger partial charge in [0.25, 0.3) is 0 Å². The summed E-state index contributed by atoms with van der Waals surface area (Å²) in [5, 5.41) is 9.17. The van der Waals surface area contributed by atoms with Crippen LogP contribution in [0.25, 0.3) is 0 Å². The van der Waals surface area contributed by atoms with Crippen LogP contribution in [0.2, 0.25) is 5.02 Å². The lowest BCUT2D eigenvalue weighted by atomic mass is 10.2. The quantitative estimate of drug-likeness (QED) is 0.830. The number of hydrogen-bond donors (Lipinski definition) is 2. The first-order valence-electron chi connectivity index (χ1n) is 5.93. The summed E-state index contributed by atoms with van der Waals surface area (Å²) in [4.78, 5) is 0. The van der Waals surface area contributed by atoms with Gasteiger partial charge in [0, 0.05) is 18.1 Å². The zero-order valence-electron chi connectivity index (χ0n) is 11.5. The topological polar surface area (TPSA) is 69.6 Å². The lowest BCUT2D eigenvalue weighted by molar-refractivity contribution is 0.350. The second-order valence-corrected chi connectivity index (χ2v) is 6.53. The smallest absolute Gasteiger partial charge is 0.301 e. The van der Waals surface area contributed by atoms with Crippen LogP contribution in [-0.2, 0) is 10.2 Å². The molecule has 0 saturated heterocycles. The molecule has 1 aromatic rings. The monoisotopic (exact) mass is 316 g/mol. The molecule has 0 saturated carbocycles. The highest BCUT2D eigenvalue weighted by Crippen LogP contribution is 2.21. The number of hydrogen-bond acceptors (Lipinski definition) is 3. The maximum Gasteiger partial charge on any atom is 0.301 e. The van der Waals surface area contributed by atoms with E-state index < -0.39 is 10.2 Å². The molecule has 0 aliphatic carbocycles. The fraction of sp³-hybridized carbons (Fsp3) is 0.385. The largest absolute Gasteiger partial charge is 0.384 e. The van der Waals surface area contributed by atoms with Gasteiger partial charge >= 0.3 is 10.2 Å². The van der Waals surface area contributed by atoms with Crippen molar-refractivity contribution in [1.82, 2.24) is 4.31 Å². The van der Waals surface area contributed by atoms with Crippen molar-refractivity contribution >= 4 is 27.5 Å². The first-order valence-corrected chi connectivity index (χ1v) is 7.74. The summed E-state index contributed by atoms with van der Waals surface area (Å²) >= 11 is 5.86. The molecule has 1 aromatic carbocycles. The molecule has 0 aliphatic heterocycles. The molecule has 7 heteroatoms. The number of anilines is 1. The van der Waals surface area contributed by atoms with Gasteiger partial charge in [-0.3, -0.25) is 4.72 Å². The normalized spacial score (nSPS) is 11.3. The fourth-order valence-electron chi connectivity index (χ4n) is 1.33. The van der Waals surface area contributed by atoms with Gasteiger partial charge < -0.3 is 5.11 Å². The minimum absolute atomic E-state index is 0.174. The molecule has 20 heavy (non-hydrogen) atoms. The Labute approximate surface area is 124 Å². The van der Waals surface area contributed by atoms with Crippen LogP contribution < -0.4 is 4.72 Å². The molecule has 0 spiro atoms. The van der Waals surface area contributed by atoms with E-state index in [1.165, 1.54) is 23.5 Å². The van der Waals surface area contributed by atoms with Crippen molar-refractivity contribution in [2.24, 2.45) is 0 Å². The highest BCUT2D eigenvalue weighted by atomic mass is 35.5. The Morgan fingerprint density at radius 3 is 2.65 bits per heavy atom. The molecule has 5 nitrogen and oxygen atoms in total. The van der Waals surface area contributed by atoms with Crippen LogP contribution in [0, 0.1) is 11.8 Å². The van der Waals surface area contributed by atoms with Crippen molar-refractivity contribution in [2.45, 2.75) is 19.9 Å². The van der Waals surface area contributed by atoms with Crippen LogP contribution in [-0.4, -0.2) is 37.5 Å². The maximum atomic E-state index is 12.1. The third kappa shape index (κ3) is 4.39. The third-order valence-corrected chi connectivity index (χ3v) is 4.52. The molecule has 0 amide bonds. The average Bonchev–Trinajstić information content (AvgIpc) is 2.37. The van der Waals surface area contributed by atoms with Crippen LogP contribution in [0.15, 0.2) is 18.2 Å². The first kappa shape index (κ1) is 16.8. The van der Waals surface area contributed by atoms with Crippen LogP contribution in [0.5, 0.6) is 0 Å². The summed E-state index contributed by atoms with van der Waals surface area (Å²) in [6, 6.07) is 4.47. The molecule has 0 unspecified atom stereocenters. The lowest BCUT2D eigenvalue weighted by Gasteiger charge is -2.22. The van der Waals surface area contributed by atoms with Crippen molar-refractivity contribution in [3.8, 4) is 11.8 Å². The third-order valence-electron chi connectivity index (χ3n) is 2.63. The van der Waals surface area contributed by atoms with Gasteiger partial charge in [-0.2, -0.15) is 12.7 Å². The van der Waals surface area contributed by atoms with E-state index in [0.717, 1.165) is 0 Å². The standard InChI is InChI=1S/C13H17ClN2O3S/c1-10(2)16(3)20(18,19)15-13-7-6-12(14)9-11(13)5-4-8-17/h6-7,9-10,15,17H,8H2,1-3H3. The Kier molecular flexibility index (Phi) is 5.84. The Balaban J connectivity index is 3.15. The SMILES string of the molecule is CC(C)N(C)S(=O)(=O)Nc1ccc(Cl)cc1C#CCO. The first-order chi connectivity index (χ1) is 9.27. The molecule has 0 atom stereocenters. The Morgan fingerprint density at radius 2 is 2.10 bits per heavy atom. The van der Waals surface area contributed by atoms with E-state index in [2.05, 4.69) is 16.6 Å². The van der Waals surface area contributed by atoms with Gasteiger partial charge in [-0.05, 0) is 32.0 Å². The van der Waals surface area contributed by atoms with Gasteiger partial charge in [0.05, 0.1) is 11.3 Å². The summed E-state index contributed by atoms with van der Waals surface area (Å²) in [5.74, 6) is 5.13. The number of aliphatic hydroxyl groups is 1. The second kappa shape index (κ2) is 6.95. The Bertz CT molecular complexity index is 633. The van der Waals surface area contributed by atoms with E-state index in [0.29, 0.717) is 16.3 Å². The summed E-state index contributed by atoms with van der Waals surface area (Å²) in [6.45, 7) is 3.23. The Morgan fingerprint density at radius 1 is 1.45 bits per heavy atom. The van der Waals surface area contributed by atoms with E-state index in [1.54, 1.807) is 19.9 Å². The van der Waals surface area contributed by atoms with Crippen LogP contribution >= 0.6 is 11.6 Å². The number of nitrogens with zero attached hydrogens (tertiary/aromatic N) is 1. The van der Waals surface area contributed by atoms with Gasteiger partial charge in [-0.1, -0.05) is 23.4 Å². The molecule has 0 fully saturated rings. The van der Waals surface area contributed by atoms with Crippen molar-refractivity contribution in [1.29, 1.82) is 0 Å². The number of aliphatic hydroxyl groups excluding tert-OH is 1. The van der Waals surface area contributed by atoms with E-state index in [-0.39, 0.29) is 12.6 Å². The number of rotatable bonds is 4. The number of nitrogens with one attached hydrogen (secondary N) is 1. The highest BCUT2D eigenvalue weighted by molar-refractivity contribution is 7.90. The van der Waals surface area contributed by atoms with Gasteiger partial charge in [0.2, 0.25) is 0 Å². The van der Waals surface area contributed by atoms with Crippen LogP contribution in [0.3, 0.4) is 0 Å². The minimum atomic E-state index is -3.66. The van der Waals surface area contributed by atoms with E-state index >= 15 is 0 Å². The summed E-state index contributed by atoms with van der Waals surface area (Å²) < 4.78 is 27.9. The van der Waals surface area contributed by atoms with E-state index in [4.69, 9.17) is 16.7 Å². The van der Waals surface area contributed by atoms with Crippen molar-refractivity contribution in [3.63, 3.8) is 0 Å². The predicted octanol–water partition coefficient (Wildman–Crippen LogP) is 1.68. The molecule has 2 N–H and O–H groups in total. The van der Waals surface area contributed by atoms with Crippen molar-refractivity contribution < 1.29 is 13.5 Å². The summed E-state index contributed by atoms with van der Waals surface area (Å²) in [6.07, 6.45) is 0. The molecular weight excluding hydrogens is 300 g/mol.